The van der Waals surface area contributed by atoms with Gasteiger partial charge in [0.25, 0.3) is 0 Å². The summed E-state index contributed by atoms with van der Waals surface area (Å²) in [6, 6.07) is 27.9. The lowest BCUT2D eigenvalue weighted by Crippen LogP contribution is -1.86. The summed E-state index contributed by atoms with van der Waals surface area (Å²) < 4.78 is 0. The Morgan fingerprint density at radius 2 is 0.743 bits per heavy atom. The Labute approximate surface area is 221 Å². The van der Waals surface area contributed by atoms with E-state index in [4.69, 9.17) is 0 Å². The molecule has 0 aliphatic rings. The van der Waals surface area contributed by atoms with Gasteiger partial charge in [0, 0.05) is 0 Å². The largest absolute Gasteiger partial charge is 0.0683 e. The van der Waals surface area contributed by atoms with E-state index in [9.17, 15) is 0 Å². The Bertz CT molecular complexity index is 793. The molecule has 3 aromatic carbocycles. The number of hydrogen-bond donors (Lipinski definition) is 0. The fourth-order valence-corrected chi connectivity index (χ4v) is 2.82. The Morgan fingerprint density at radius 1 is 0.371 bits per heavy atom. The minimum absolute atomic E-state index is 0.653. The van der Waals surface area contributed by atoms with Gasteiger partial charge in [-0.3, -0.25) is 0 Å². The quantitative estimate of drug-likeness (QED) is 0.351. The number of aryl methyl sites for hydroxylation is 2. The molecule has 0 N–H and O–H groups in total. The Hall–Kier alpha value is -2.34. The van der Waals surface area contributed by atoms with Gasteiger partial charge in [0.1, 0.15) is 0 Å². The van der Waals surface area contributed by atoms with Crippen LogP contribution in [0.25, 0.3) is 0 Å². The molecule has 0 aliphatic carbocycles. The van der Waals surface area contributed by atoms with Crippen molar-refractivity contribution < 1.29 is 0 Å². The van der Waals surface area contributed by atoms with Gasteiger partial charge >= 0.3 is 0 Å². The highest BCUT2D eigenvalue weighted by Gasteiger charge is 1.97. The molecule has 0 nitrogen and oxygen atoms in total. The summed E-state index contributed by atoms with van der Waals surface area (Å²) in [5, 5.41) is 0. The van der Waals surface area contributed by atoms with Crippen molar-refractivity contribution in [3.63, 3.8) is 0 Å². The maximum absolute atomic E-state index is 2.24. The molecule has 198 valence electrons. The summed E-state index contributed by atoms with van der Waals surface area (Å²) in [7, 11) is 0. The first-order valence-electron chi connectivity index (χ1n) is 13.9. The van der Waals surface area contributed by atoms with Gasteiger partial charge in [0.15, 0.2) is 0 Å². The zero-order chi connectivity index (χ0) is 27.8. The second-order valence-electron chi connectivity index (χ2n) is 8.70. The van der Waals surface area contributed by atoms with Crippen LogP contribution in [-0.4, -0.2) is 0 Å². The minimum Gasteiger partial charge on any atom is -0.0683 e. The second kappa shape index (κ2) is 24.8. The molecule has 0 heterocycles. The van der Waals surface area contributed by atoms with Crippen molar-refractivity contribution in [3.8, 4) is 0 Å². The Kier molecular flexibility index (Phi) is 26.3. The second-order valence-corrected chi connectivity index (χ2v) is 8.70. The smallest absolute Gasteiger partial charge is 0.0219 e. The van der Waals surface area contributed by atoms with E-state index in [0.29, 0.717) is 17.8 Å². The highest BCUT2D eigenvalue weighted by atomic mass is 14.0. The van der Waals surface area contributed by atoms with Crippen LogP contribution in [-0.2, 0) is 0 Å². The highest BCUT2D eigenvalue weighted by molar-refractivity contribution is 5.24. The van der Waals surface area contributed by atoms with Crippen LogP contribution in [0.1, 0.15) is 129 Å². The van der Waals surface area contributed by atoms with Gasteiger partial charge < -0.3 is 0 Å². The number of rotatable bonds is 3. The molecule has 3 aromatic rings. The van der Waals surface area contributed by atoms with Gasteiger partial charge in [0.05, 0.1) is 0 Å². The van der Waals surface area contributed by atoms with Gasteiger partial charge in [-0.25, -0.2) is 0 Å². The normalized spacial score (nSPS) is 9.06. The maximum Gasteiger partial charge on any atom is -0.0219 e. The van der Waals surface area contributed by atoms with E-state index >= 15 is 0 Å². The summed E-state index contributed by atoms with van der Waals surface area (Å²) in [5.41, 5.74) is 6.96. The van der Waals surface area contributed by atoms with E-state index in [-0.39, 0.29) is 0 Å². The van der Waals surface area contributed by atoms with Crippen molar-refractivity contribution in [2.24, 2.45) is 0 Å². The van der Waals surface area contributed by atoms with Crippen LogP contribution >= 0.6 is 0 Å². The minimum atomic E-state index is 0.653. The Balaban J connectivity index is -0.000000396. The van der Waals surface area contributed by atoms with Gasteiger partial charge in [-0.1, -0.05) is 173 Å². The monoisotopic (exact) mass is 478 g/mol. The standard InChI is InChI=1S/2C10H14.C9H12.3C2H6/c1-8(2)10-6-4-9(3)5-7-10;1-8(2)10-6-4-5-9(3)7-10;1-8(2)9-6-4-3-5-7-9;3*1-2/h2*4-8H,1-3H3;3-8H,1-2H3;3*1-2H3. The fourth-order valence-electron chi connectivity index (χ4n) is 2.82. The fraction of sp³-hybridized carbons (Fsp3) is 0.486. The van der Waals surface area contributed by atoms with Crippen LogP contribution in [0.5, 0.6) is 0 Å². The summed E-state index contributed by atoms with van der Waals surface area (Å²) >= 11 is 0. The average Bonchev–Trinajstić information content (AvgIpc) is 2.89. The van der Waals surface area contributed by atoms with Crippen LogP contribution < -0.4 is 0 Å². The van der Waals surface area contributed by atoms with Crippen LogP contribution in [0.4, 0.5) is 0 Å². The average molecular weight is 479 g/mol. The molecule has 0 unspecified atom stereocenters. The molecule has 0 aliphatic heterocycles. The highest BCUT2D eigenvalue weighted by Crippen LogP contribution is 2.15. The molecule has 35 heavy (non-hydrogen) atoms. The molecule has 0 spiro atoms. The van der Waals surface area contributed by atoms with E-state index in [1.54, 1.807) is 0 Å². The van der Waals surface area contributed by atoms with Crippen LogP contribution in [0.15, 0.2) is 78.9 Å². The summed E-state index contributed by atoms with van der Waals surface area (Å²) in [5.74, 6) is 1.96. The summed E-state index contributed by atoms with van der Waals surface area (Å²) in [6.07, 6.45) is 0. The third-order valence-electron chi connectivity index (χ3n) is 4.92. The molecular formula is C35H58. The lowest BCUT2D eigenvalue weighted by atomic mass is 10.0. The van der Waals surface area contributed by atoms with Crippen molar-refractivity contribution in [1.29, 1.82) is 0 Å². The van der Waals surface area contributed by atoms with Gasteiger partial charge in [0.2, 0.25) is 0 Å². The van der Waals surface area contributed by atoms with Crippen molar-refractivity contribution in [2.75, 3.05) is 0 Å². The SMILES string of the molecule is CC.CC.CC.CC(C)c1ccccc1.Cc1ccc(C(C)C)cc1.Cc1cccc(C(C)C)c1. The van der Waals surface area contributed by atoms with Crippen LogP contribution in [0.3, 0.4) is 0 Å². The molecule has 0 radical (unpaired) electrons. The maximum atomic E-state index is 2.24. The lowest BCUT2D eigenvalue weighted by Gasteiger charge is -2.04. The third-order valence-corrected chi connectivity index (χ3v) is 4.92. The van der Waals surface area contributed by atoms with Crippen molar-refractivity contribution in [1.82, 2.24) is 0 Å². The summed E-state index contributed by atoms with van der Waals surface area (Å²) in [6.45, 7) is 29.5. The van der Waals surface area contributed by atoms with Gasteiger partial charge in [-0.2, -0.15) is 0 Å². The first kappa shape index (κ1) is 37.2. The van der Waals surface area contributed by atoms with Crippen LogP contribution in [0, 0.1) is 13.8 Å². The van der Waals surface area contributed by atoms with Crippen LogP contribution in [0.2, 0.25) is 0 Å². The molecule has 0 bridgehead atoms. The molecule has 3 rings (SSSR count). The van der Waals surface area contributed by atoms with E-state index in [2.05, 4.69) is 128 Å². The first-order chi connectivity index (χ1) is 16.7. The predicted octanol–water partition coefficient (Wildman–Crippen LogP) is 12.1. The van der Waals surface area contributed by atoms with E-state index < -0.39 is 0 Å². The molecule has 0 fully saturated rings. The number of hydrogen-bond acceptors (Lipinski definition) is 0. The van der Waals surface area contributed by atoms with Crippen molar-refractivity contribution in [3.05, 3.63) is 107 Å². The summed E-state index contributed by atoms with van der Waals surface area (Å²) in [4.78, 5) is 0. The Morgan fingerprint density at radius 3 is 1.06 bits per heavy atom. The molecule has 0 saturated carbocycles. The van der Waals surface area contributed by atoms with Crippen molar-refractivity contribution in [2.45, 2.75) is 115 Å². The molecule has 0 amide bonds. The first-order valence-corrected chi connectivity index (χ1v) is 13.9. The van der Waals surface area contributed by atoms with E-state index in [1.165, 1.54) is 27.8 Å². The van der Waals surface area contributed by atoms with Gasteiger partial charge in [-0.05, 0) is 48.3 Å². The molecule has 0 heteroatoms. The zero-order valence-electron chi connectivity index (χ0n) is 25.7. The van der Waals surface area contributed by atoms with E-state index in [1.807, 2.05) is 47.6 Å². The van der Waals surface area contributed by atoms with E-state index in [0.717, 1.165) is 0 Å². The molecular weight excluding hydrogens is 420 g/mol. The van der Waals surface area contributed by atoms with Gasteiger partial charge in [-0.15, -0.1) is 0 Å². The zero-order valence-corrected chi connectivity index (χ0v) is 25.7. The third kappa shape index (κ3) is 19.6. The van der Waals surface area contributed by atoms with Crippen molar-refractivity contribution >= 4 is 0 Å². The topological polar surface area (TPSA) is 0 Å². The number of benzene rings is 3. The molecule has 0 aromatic heterocycles. The molecule has 0 saturated heterocycles. The predicted molar refractivity (Wildman–Crippen MR) is 165 cm³/mol. The molecule has 0 atom stereocenters. The lowest BCUT2D eigenvalue weighted by molar-refractivity contribution is 0.865.